The van der Waals surface area contributed by atoms with Gasteiger partial charge in [0.25, 0.3) is 0 Å². The number of halogens is 1. The summed E-state index contributed by atoms with van der Waals surface area (Å²) in [4.78, 5) is 10.4. The molecule has 2 heterocycles. The third kappa shape index (κ3) is 4.73. The molecule has 0 radical (unpaired) electrons. The zero-order valence-corrected chi connectivity index (χ0v) is 13.6. The van der Waals surface area contributed by atoms with E-state index in [9.17, 15) is 4.39 Å². The van der Waals surface area contributed by atoms with Crippen LogP contribution in [0.15, 0.2) is 67.5 Å². The number of aryl methyl sites for hydroxylation is 1. The fourth-order valence-corrected chi connectivity index (χ4v) is 2.72. The van der Waals surface area contributed by atoms with Gasteiger partial charge in [-0.1, -0.05) is 18.2 Å². The number of pyridine rings is 1. The fraction of sp³-hybridized carbons (Fsp3) is 0.263. The molecular formula is C19H21FN4. The third-order valence-corrected chi connectivity index (χ3v) is 3.96. The second-order valence-corrected chi connectivity index (χ2v) is 5.81. The highest BCUT2D eigenvalue weighted by atomic mass is 19.1. The lowest BCUT2D eigenvalue weighted by Crippen LogP contribution is -2.25. The van der Waals surface area contributed by atoms with Crippen LogP contribution in [0, 0.1) is 5.82 Å². The molecule has 0 saturated carbocycles. The van der Waals surface area contributed by atoms with E-state index in [-0.39, 0.29) is 5.82 Å². The zero-order valence-electron chi connectivity index (χ0n) is 13.6. The number of imidazole rings is 1. The monoisotopic (exact) mass is 324 g/mol. The molecule has 5 heteroatoms. The van der Waals surface area contributed by atoms with E-state index in [1.807, 2.05) is 36.8 Å². The van der Waals surface area contributed by atoms with Gasteiger partial charge in [0.2, 0.25) is 0 Å². The van der Waals surface area contributed by atoms with Crippen LogP contribution in [-0.4, -0.2) is 26.0 Å². The molecule has 0 aliphatic heterocycles. The van der Waals surface area contributed by atoms with E-state index in [1.54, 1.807) is 24.7 Å². The highest BCUT2D eigenvalue weighted by Crippen LogP contribution is 2.13. The Balaban J connectivity index is 1.64. The Hall–Kier alpha value is -2.53. The van der Waals surface area contributed by atoms with E-state index in [2.05, 4.69) is 19.4 Å². The molecule has 124 valence electrons. The average Bonchev–Trinajstić information content (AvgIpc) is 3.11. The van der Waals surface area contributed by atoms with Crippen molar-refractivity contribution >= 4 is 0 Å². The minimum Gasteiger partial charge on any atom is -0.337 e. The molecule has 0 saturated heterocycles. The van der Waals surface area contributed by atoms with Crippen molar-refractivity contribution in [2.75, 3.05) is 6.54 Å². The summed E-state index contributed by atoms with van der Waals surface area (Å²) in [5, 5.41) is 0. The molecule has 0 N–H and O–H groups in total. The number of hydrogen-bond acceptors (Lipinski definition) is 3. The molecular weight excluding hydrogens is 303 g/mol. The molecule has 0 amide bonds. The van der Waals surface area contributed by atoms with Gasteiger partial charge < -0.3 is 4.57 Å². The Labute approximate surface area is 141 Å². The minimum absolute atomic E-state index is 0.146. The Bertz CT molecular complexity index is 728. The van der Waals surface area contributed by atoms with Gasteiger partial charge in [0.1, 0.15) is 5.82 Å². The number of hydrogen-bond donors (Lipinski definition) is 0. The minimum atomic E-state index is -0.146. The van der Waals surface area contributed by atoms with E-state index in [0.717, 1.165) is 31.6 Å². The van der Waals surface area contributed by atoms with Crippen molar-refractivity contribution in [1.82, 2.24) is 19.4 Å². The molecule has 2 aromatic heterocycles. The van der Waals surface area contributed by atoms with Gasteiger partial charge in [-0.15, -0.1) is 0 Å². The predicted octanol–water partition coefficient (Wildman–Crippen LogP) is 3.51. The lowest BCUT2D eigenvalue weighted by Gasteiger charge is -2.23. The zero-order chi connectivity index (χ0) is 16.6. The van der Waals surface area contributed by atoms with Crippen molar-refractivity contribution in [2.45, 2.75) is 26.1 Å². The van der Waals surface area contributed by atoms with Crippen LogP contribution in [0.5, 0.6) is 0 Å². The van der Waals surface area contributed by atoms with Gasteiger partial charge in [-0.3, -0.25) is 9.88 Å². The van der Waals surface area contributed by atoms with Gasteiger partial charge >= 0.3 is 0 Å². The molecule has 0 aliphatic carbocycles. The average molecular weight is 324 g/mol. The molecule has 24 heavy (non-hydrogen) atoms. The first-order valence-corrected chi connectivity index (χ1v) is 8.11. The molecule has 0 bridgehead atoms. The lowest BCUT2D eigenvalue weighted by atomic mass is 10.1. The van der Waals surface area contributed by atoms with E-state index in [1.165, 1.54) is 11.6 Å². The first kappa shape index (κ1) is 16.3. The molecule has 3 aromatic rings. The van der Waals surface area contributed by atoms with Gasteiger partial charge in [-0.05, 0) is 30.2 Å². The largest absolute Gasteiger partial charge is 0.337 e. The van der Waals surface area contributed by atoms with E-state index >= 15 is 0 Å². The van der Waals surface area contributed by atoms with Crippen LogP contribution in [0.1, 0.15) is 17.5 Å². The molecule has 4 nitrogen and oxygen atoms in total. The lowest BCUT2D eigenvalue weighted by molar-refractivity contribution is 0.245. The molecule has 0 fully saturated rings. The van der Waals surface area contributed by atoms with Crippen LogP contribution in [-0.2, 0) is 19.6 Å². The molecule has 0 aliphatic rings. The van der Waals surface area contributed by atoms with E-state index in [0.29, 0.717) is 6.54 Å². The highest BCUT2D eigenvalue weighted by Gasteiger charge is 2.10. The highest BCUT2D eigenvalue weighted by molar-refractivity contribution is 5.17. The van der Waals surface area contributed by atoms with Crippen LogP contribution in [0.2, 0.25) is 0 Å². The Kier molecular flexibility index (Phi) is 5.69. The quantitative estimate of drug-likeness (QED) is 0.636. The first-order chi connectivity index (χ1) is 11.8. The van der Waals surface area contributed by atoms with Crippen molar-refractivity contribution < 1.29 is 4.39 Å². The van der Waals surface area contributed by atoms with Crippen molar-refractivity contribution in [3.63, 3.8) is 0 Å². The Morgan fingerprint density at radius 2 is 1.79 bits per heavy atom. The number of rotatable bonds is 8. The molecule has 1 aromatic carbocycles. The van der Waals surface area contributed by atoms with Crippen molar-refractivity contribution in [3.8, 4) is 0 Å². The van der Waals surface area contributed by atoms with E-state index < -0.39 is 0 Å². The predicted molar refractivity (Wildman–Crippen MR) is 91.6 cm³/mol. The first-order valence-electron chi connectivity index (χ1n) is 8.11. The summed E-state index contributed by atoms with van der Waals surface area (Å²) in [6.07, 6.45) is 10.1. The van der Waals surface area contributed by atoms with E-state index in [4.69, 9.17) is 0 Å². The van der Waals surface area contributed by atoms with Crippen LogP contribution in [0.25, 0.3) is 0 Å². The standard InChI is InChI=1S/C19H21FN4/c20-19-5-2-1-4-18(19)15-24(14-17-6-8-21-9-7-17)12-3-11-23-13-10-22-16-23/h1-2,4-10,13,16H,3,11-12,14-15H2. The Morgan fingerprint density at radius 3 is 2.54 bits per heavy atom. The van der Waals surface area contributed by atoms with Crippen LogP contribution in [0.4, 0.5) is 4.39 Å². The number of nitrogens with zero attached hydrogens (tertiary/aromatic N) is 4. The summed E-state index contributed by atoms with van der Waals surface area (Å²) in [6.45, 7) is 3.17. The maximum atomic E-state index is 14.0. The summed E-state index contributed by atoms with van der Waals surface area (Å²) >= 11 is 0. The summed E-state index contributed by atoms with van der Waals surface area (Å²) in [7, 11) is 0. The SMILES string of the molecule is Fc1ccccc1CN(CCCn1ccnc1)Cc1ccncc1. The summed E-state index contributed by atoms with van der Waals surface area (Å²) in [5.74, 6) is -0.146. The molecule has 3 rings (SSSR count). The van der Waals surface area contributed by atoms with Gasteiger partial charge in [0.05, 0.1) is 6.33 Å². The molecule has 0 spiro atoms. The van der Waals surface area contributed by atoms with Gasteiger partial charge in [-0.2, -0.15) is 0 Å². The normalized spacial score (nSPS) is 11.1. The number of aromatic nitrogens is 3. The second-order valence-electron chi connectivity index (χ2n) is 5.81. The Morgan fingerprint density at radius 1 is 0.958 bits per heavy atom. The summed E-state index contributed by atoms with van der Waals surface area (Å²) in [6, 6.07) is 11.0. The third-order valence-electron chi connectivity index (χ3n) is 3.96. The maximum Gasteiger partial charge on any atom is 0.127 e. The molecule has 0 unspecified atom stereocenters. The van der Waals surface area contributed by atoms with Crippen LogP contribution < -0.4 is 0 Å². The maximum absolute atomic E-state index is 14.0. The fourth-order valence-electron chi connectivity index (χ4n) is 2.72. The summed E-state index contributed by atoms with van der Waals surface area (Å²) in [5.41, 5.74) is 1.91. The summed E-state index contributed by atoms with van der Waals surface area (Å²) < 4.78 is 16.0. The van der Waals surface area contributed by atoms with Crippen LogP contribution >= 0.6 is 0 Å². The van der Waals surface area contributed by atoms with Gasteiger partial charge in [0.15, 0.2) is 0 Å². The van der Waals surface area contributed by atoms with Gasteiger partial charge in [-0.25, -0.2) is 9.37 Å². The topological polar surface area (TPSA) is 34.0 Å². The van der Waals surface area contributed by atoms with Crippen molar-refractivity contribution in [1.29, 1.82) is 0 Å². The van der Waals surface area contributed by atoms with Crippen LogP contribution in [0.3, 0.4) is 0 Å². The van der Waals surface area contributed by atoms with Crippen molar-refractivity contribution in [3.05, 3.63) is 84.5 Å². The molecule has 0 atom stereocenters. The van der Waals surface area contributed by atoms with Crippen molar-refractivity contribution in [2.24, 2.45) is 0 Å². The second kappa shape index (κ2) is 8.36. The smallest absolute Gasteiger partial charge is 0.127 e. The number of benzene rings is 1. The van der Waals surface area contributed by atoms with Gasteiger partial charge in [0, 0.05) is 56.5 Å².